The molecule has 0 bridgehead atoms. The van der Waals surface area contributed by atoms with E-state index in [4.69, 9.17) is 0 Å². The van der Waals surface area contributed by atoms with Gasteiger partial charge in [0.25, 0.3) is 0 Å². The van der Waals surface area contributed by atoms with Crippen molar-refractivity contribution in [3.8, 4) is 0 Å². The van der Waals surface area contributed by atoms with E-state index in [-0.39, 0.29) is 0 Å². The van der Waals surface area contributed by atoms with E-state index in [9.17, 15) is 4.79 Å². The Kier molecular flexibility index (Phi) is 2.20. The van der Waals surface area contributed by atoms with E-state index < -0.39 is 0 Å². The van der Waals surface area contributed by atoms with Gasteiger partial charge in [-0.1, -0.05) is 19.8 Å². The Hall–Kier alpha value is -0.330. The van der Waals surface area contributed by atoms with Gasteiger partial charge in [-0.15, -0.1) is 0 Å². The lowest BCUT2D eigenvalue weighted by Gasteiger charge is -2.20. The van der Waals surface area contributed by atoms with Crippen LogP contribution in [-0.4, -0.2) is 5.78 Å². The molecule has 0 aliphatic heterocycles. The topological polar surface area (TPSA) is 17.1 Å². The number of carbonyl (C=O) groups excluding carboxylic acids is 1. The Morgan fingerprint density at radius 2 is 1.92 bits per heavy atom. The first kappa shape index (κ1) is 8.28. The highest BCUT2D eigenvalue weighted by molar-refractivity contribution is 5.81. The summed E-state index contributed by atoms with van der Waals surface area (Å²) < 4.78 is 0. The van der Waals surface area contributed by atoms with E-state index in [1.165, 1.54) is 25.7 Å². The summed E-state index contributed by atoms with van der Waals surface area (Å²) in [5.74, 6) is 2.55. The molecule has 2 fully saturated rings. The normalized spacial score (nSPS) is 42.4. The van der Waals surface area contributed by atoms with Crippen molar-refractivity contribution < 1.29 is 4.79 Å². The summed E-state index contributed by atoms with van der Waals surface area (Å²) in [5.41, 5.74) is 0. The standard InChI is InChI=1S/C11H18O/c1-8-10-6-2-4-9(10)5-3-7-11(8)12/h8-10H,2-7H2,1H3/t8-,9-,10+/m0/s1. The zero-order valence-corrected chi connectivity index (χ0v) is 7.88. The zero-order chi connectivity index (χ0) is 8.55. The fourth-order valence-corrected chi connectivity index (χ4v) is 3.09. The van der Waals surface area contributed by atoms with E-state index >= 15 is 0 Å². The maximum absolute atomic E-state index is 11.6. The van der Waals surface area contributed by atoms with Gasteiger partial charge in [0.1, 0.15) is 5.78 Å². The molecule has 0 spiro atoms. The van der Waals surface area contributed by atoms with E-state index in [1.54, 1.807) is 0 Å². The molecule has 0 amide bonds. The number of ketones is 1. The molecule has 68 valence electrons. The van der Waals surface area contributed by atoms with Gasteiger partial charge in [-0.05, 0) is 31.1 Å². The maximum atomic E-state index is 11.6. The number of carbonyl (C=O) groups is 1. The van der Waals surface area contributed by atoms with Crippen molar-refractivity contribution in [2.75, 3.05) is 0 Å². The number of rotatable bonds is 0. The predicted molar refractivity (Wildman–Crippen MR) is 48.9 cm³/mol. The molecule has 0 aromatic carbocycles. The molecule has 0 aromatic heterocycles. The van der Waals surface area contributed by atoms with Gasteiger partial charge in [0.05, 0.1) is 0 Å². The van der Waals surface area contributed by atoms with Gasteiger partial charge < -0.3 is 0 Å². The predicted octanol–water partition coefficient (Wildman–Crippen LogP) is 2.79. The van der Waals surface area contributed by atoms with Gasteiger partial charge in [-0.2, -0.15) is 0 Å². The SMILES string of the molecule is C[C@@H]1C(=O)CCC[C@@H]2CCC[C@@H]21. The van der Waals surface area contributed by atoms with Crippen LogP contribution in [0, 0.1) is 17.8 Å². The minimum atomic E-state index is 0.375. The lowest BCUT2D eigenvalue weighted by Crippen LogP contribution is -2.20. The third kappa shape index (κ3) is 1.30. The Labute approximate surface area is 74.5 Å². The van der Waals surface area contributed by atoms with Gasteiger partial charge in [0.2, 0.25) is 0 Å². The molecule has 0 unspecified atom stereocenters. The summed E-state index contributed by atoms with van der Waals surface area (Å²) in [5, 5.41) is 0. The number of fused-ring (bicyclic) bond motifs is 1. The first-order valence-corrected chi connectivity index (χ1v) is 5.32. The van der Waals surface area contributed by atoms with Gasteiger partial charge >= 0.3 is 0 Å². The van der Waals surface area contributed by atoms with Crippen LogP contribution in [0.5, 0.6) is 0 Å². The van der Waals surface area contributed by atoms with E-state index in [0.717, 1.165) is 24.7 Å². The summed E-state index contributed by atoms with van der Waals surface area (Å²) in [7, 11) is 0. The Bertz CT molecular complexity index is 185. The molecule has 12 heavy (non-hydrogen) atoms. The van der Waals surface area contributed by atoms with Crippen molar-refractivity contribution in [1.82, 2.24) is 0 Å². The Balaban J connectivity index is 2.13. The first-order valence-electron chi connectivity index (χ1n) is 5.32. The number of hydrogen-bond donors (Lipinski definition) is 0. The lowest BCUT2D eigenvalue weighted by atomic mass is 9.84. The molecule has 0 radical (unpaired) electrons. The lowest BCUT2D eigenvalue weighted by molar-refractivity contribution is -0.123. The fraction of sp³-hybridized carbons (Fsp3) is 0.909. The first-order chi connectivity index (χ1) is 5.79. The third-order valence-electron chi connectivity index (χ3n) is 3.87. The Morgan fingerprint density at radius 3 is 2.75 bits per heavy atom. The maximum Gasteiger partial charge on any atom is 0.135 e. The van der Waals surface area contributed by atoms with Gasteiger partial charge in [-0.25, -0.2) is 0 Å². The minimum absolute atomic E-state index is 0.375. The molecule has 2 rings (SSSR count). The van der Waals surface area contributed by atoms with Crippen LogP contribution in [0.25, 0.3) is 0 Å². The quantitative estimate of drug-likeness (QED) is 0.541. The van der Waals surface area contributed by atoms with Gasteiger partial charge in [0.15, 0.2) is 0 Å². The molecule has 1 nitrogen and oxygen atoms in total. The zero-order valence-electron chi connectivity index (χ0n) is 7.88. The highest BCUT2D eigenvalue weighted by atomic mass is 16.1. The molecule has 3 atom stereocenters. The van der Waals surface area contributed by atoms with Crippen LogP contribution < -0.4 is 0 Å². The number of hydrogen-bond acceptors (Lipinski definition) is 1. The van der Waals surface area contributed by atoms with Crippen molar-refractivity contribution in [2.24, 2.45) is 17.8 Å². The van der Waals surface area contributed by atoms with Crippen molar-refractivity contribution in [3.05, 3.63) is 0 Å². The fourth-order valence-electron chi connectivity index (χ4n) is 3.09. The highest BCUT2D eigenvalue weighted by Gasteiger charge is 2.36. The molecule has 0 heterocycles. The van der Waals surface area contributed by atoms with E-state index in [0.29, 0.717) is 11.7 Å². The highest BCUT2D eigenvalue weighted by Crippen LogP contribution is 2.42. The molecule has 0 saturated heterocycles. The molecule has 2 aliphatic carbocycles. The molecule has 1 heteroatoms. The second-order valence-corrected chi connectivity index (χ2v) is 4.50. The second-order valence-electron chi connectivity index (χ2n) is 4.50. The van der Waals surface area contributed by atoms with Crippen LogP contribution in [-0.2, 0) is 4.79 Å². The summed E-state index contributed by atoms with van der Waals surface area (Å²) in [6.45, 7) is 2.15. The minimum Gasteiger partial charge on any atom is -0.299 e. The van der Waals surface area contributed by atoms with Crippen molar-refractivity contribution in [3.63, 3.8) is 0 Å². The molecule has 0 aromatic rings. The number of Topliss-reactive ketones (excluding diaryl/α,β-unsaturated/α-hetero) is 1. The molecule has 0 N–H and O–H groups in total. The molecular formula is C11H18O. The van der Waals surface area contributed by atoms with Crippen LogP contribution in [0.1, 0.15) is 45.4 Å². The van der Waals surface area contributed by atoms with Crippen LogP contribution in [0.4, 0.5) is 0 Å². The molecular weight excluding hydrogens is 148 g/mol. The summed E-state index contributed by atoms with van der Waals surface area (Å²) in [4.78, 5) is 11.6. The average Bonchev–Trinajstić information content (AvgIpc) is 2.46. The second kappa shape index (κ2) is 3.20. The van der Waals surface area contributed by atoms with Crippen molar-refractivity contribution in [1.29, 1.82) is 0 Å². The van der Waals surface area contributed by atoms with Crippen LogP contribution in [0.2, 0.25) is 0 Å². The van der Waals surface area contributed by atoms with E-state index in [2.05, 4.69) is 6.92 Å². The van der Waals surface area contributed by atoms with Gasteiger partial charge in [0, 0.05) is 12.3 Å². The van der Waals surface area contributed by atoms with E-state index in [1.807, 2.05) is 0 Å². The monoisotopic (exact) mass is 166 g/mol. The Morgan fingerprint density at radius 1 is 1.17 bits per heavy atom. The molecule has 2 saturated carbocycles. The largest absolute Gasteiger partial charge is 0.299 e. The summed E-state index contributed by atoms with van der Waals surface area (Å²) in [6.07, 6.45) is 7.41. The summed E-state index contributed by atoms with van der Waals surface area (Å²) in [6, 6.07) is 0. The third-order valence-corrected chi connectivity index (χ3v) is 3.87. The van der Waals surface area contributed by atoms with Crippen molar-refractivity contribution in [2.45, 2.75) is 45.4 Å². The van der Waals surface area contributed by atoms with Crippen LogP contribution in [0.15, 0.2) is 0 Å². The van der Waals surface area contributed by atoms with Crippen LogP contribution >= 0.6 is 0 Å². The van der Waals surface area contributed by atoms with Gasteiger partial charge in [-0.3, -0.25) is 4.79 Å². The average molecular weight is 166 g/mol. The summed E-state index contributed by atoms with van der Waals surface area (Å²) >= 11 is 0. The molecule has 2 aliphatic rings. The smallest absolute Gasteiger partial charge is 0.135 e. The van der Waals surface area contributed by atoms with Crippen molar-refractivity contribution >= 4 is 5.78 Å². The van der Waals surface area contributed by atoms with Crippen LogP contribution in [0.3, 0.4) is 0 Å².